The van der Waals surface area contributed by atoms with Crippen LogP contribution in [0.5, 0.6) is 11.5 Å². The first-order valence-electron chi connectivity index (χ1n) is 12.0. The summed E-state index contributed by atoms with van der Waals surface area (Å²) < 4.78 is 27.0. The maximum Gasteiger partial charge on any atom is 0.264 e. The minimum atomic E-state index is -0.583. The van der Waals surface area contributed by atoms with Gasteiger partial charge in [-0.05, 0) is 49.6 Å². The number of benzene rings is 2. The second kappa shape index (κ2) is 8.84. The third-order valence-electron chi connectivity index (χ3n) is 6.64. The molecule has 1 aliphatic heterocycles. The lowest BCUT2D eigenvalue weighted by molar-refractivity contribution is 0.174. The molecule has 2 aromatic carbocycles. The molecule has 10 nitrogen and oxygen atoms in total. The predicted molar refractivity (Wildman–Crippen MR) is 136 cm³/mol. The number of halogens is 1. The van der Waals surface area contributed by atoms with Gasteiger partial charge in [-0.25, -0.2) is 19.3 Å². The summed E-state index contributed by atoms with van der Waals surface area (Å²) in [7, 11) is 0. The lowest BCUT2D eigenvalue weighted by atomic mass is 10.0. The fourth-order valence-corrected chi connectivity index (χ4v) is 4.62. The van der Waals surface area contributed by atoms with Crippen molar-refractivity contribution in [1.82, 2.24) is 19.5 Å². The quantitative estimate of drug-likeness (QED) is 0.323. The molecular formula is C26H24FN7O3. The Hall–Kier alpha value is -4.54. The summed E-state index contributed by atoms with van der Waals surface area (Å²) in [5.74, 6) is 1.52. The van der Waals surface area contributed by atoms with Crippen molar-refractivity contribution in [2.45, 2.75) is 38.3 Å². The molecule has 37 heavy (non-hydrogen) atoms. The van der Waals surface area contributed by atoms with E-state index in [4.69, 9.17) is 25.6 Å². The number of fused-ring (bicyclic) bond motifs is 2. The van der Waals surface area contributed by atoms with Gasteiger partial charge in [-0.1, -0.05) is 13.0 Å². The molecule has 1 atom stereocenters. The molecule has 11 heteroatoms. The topological polar surface area (TPSA) is 141 Å². The molecule has 0 radical (unpaired) electrons. The SMILES string of the molecule is CCC(Nc1ncnc(N)c1C(=N)c1ccc2c(c1)OCO2)c1nc2cccc(F)c2c(=O)n1C1CC1. The molecule has 0 bridgehead atoms. The first kappa shape index (κ1) is 22.9. The van der Waals surface area contributed by atoms with Gasteiger partial charge in [-0.2, -0.15) is 0 Å². The Morgan fingerprint density at radius 2 is 2.05 bits per heavy atom. The number of nitrogens with two attached hydrogens (primary N) is 1. The van der Waals surface area contributed by atoms with Gasteiger partial charge < -0.3 is 20.5 Å². The van der Waals surface area contributed by atoms with E-state index in [0.717, 1.165) is 12.8 Å². The number of nitrogen functional groups attached to an aromatic ring is 1. The van der Waals surface area contributed by atoms with Crippen LogP contribution in [0.15, 0.2) is 47.5 Å². The van der Waals surface area contributed by atoms with Gasteiger partial charge in [0.2, 0.25) is 6.79 Å². The van der Waals surface area contributed by atoms with E-state index in [1.807, 2.05) is 6.92 Å². The van der Waals surface area contributed by atoms with Crippen LogP contribution in [-0.2, 0) is 0 Å². The predicted octanol–water partition coefficient (Wildman–Crippen LogP) is 3.95. The minimum Gasteiger partial charge on any atom is -0.454 e. The van der Waals surface area contributed by atoms with Crippen LogP contribution in [-0.4, -0.2) is 32.0 Å². The van der Waals surface area contributed by atoms with Crippen LogP contribution in [0.3, 0.4) is 0 Å². The zero-order chi connectivity index (χ0) is 25.7. The first-order valence-corrected chi connectivity index (χ1v) is 12.0. The van der Waals surface area contributed by atoms with E-state index in [2.05, 4.69) is 15.3 Å². The van der Waals surface area contributed by atoms with Crippen molar-refractivity contribution in [2.24, 2.45) is 0 Å². The first-order chi connectivity index (χ1) is 18.0. The van der Waals surface area contributed by atoms with Gasteiger partial charge in [0.1, 0.15) is 35.0 Å². The van der Waals surface area contributed by atoms with Gasteiger partial charge >= 0.3 is 0 Å². The van der Waals surface area contributed by atoms with Crippen molar-refractivity contribution >= 4 is 28.3 Å². The molecule has 4 aromatic rings. The van der Waals surface area contributed by atoms with Crippen LogP contribution in [0.25, 0.3) is 10.9 Å². The molecule has 2 aliphatic rings. The number of hydrogen-bond donors (Lipinski definition) is 3. The summed E-state index contributed by atoms with van der Waals surface area (Å²) in [6, 6.07) is 9.15. The molecule has 3 heterocycles. The zero-order valence-electron chi connectivity index (χ0n) is 20.0. The van der Waals surface area contributed by atoms with Gasteiger partial charge in [0.15, 0.2) is 11.5 Å². The largest absolute Gasteiger partial charge is 0.454 e. The lowest BCUT2D eigenvalue weighted by Gasteiger charge is -2.23. The van der Waals surface area contributed by atoms with Gasteiger partial charge in [0.05, 0.1) is 22.8 Å². The van der Waals surface area contributed by atoms with Crippen LogP contribution < -0.4 is 26.1 Å². The minimum absolute atomic E-state index is 0.00967. The van der Waals surface area contributed by atoms with Crippen molar-refractivity contribution in [3.63, 3.8) is 0 Å². The third kappa shape index (κ3) is 3.92. The van der Waals surface area contributed by atoms with Crippen LogP contribution in [0.1, 0.15) is 55.2 Å². The number of rotatable bonds is 7. The molecule has 0 spiro atoms. The zero-order valence-corrected chi connectivity index (χ0v) is 20.0. The molecule has 2 aromatic heterocycles. The third-order valence-corrected chi connectivity index (χ3v) is 6.64. The fourth-order valence-electron chi connectivity index (χ4n) is 4.62. The van der Waals surface area contributed by atoms with Crippen LogP contribution in [0.4, 0.5) is 16.0 Å². The molecule has 1 fully saturated rings. The van der Waals surface area contributed by atoms with E-state index < -0.39 is 17.4 Å². The van der Waals surface area contributed by atoms with E-state index in [-0.39, 0.29) is 29.8 Å². The van der Waals surface area contributed by atoms with Crippen molar-refractivity contribution < 1.29 is 13.9 Å². The average molecular weight is 502 g/mol. The van der Waals surface area contributed by atoms with Crippen molar-refractivity contribution in [1.29, 1.82) is 5.41 Å². The molecule has 4 N–H and O–H groups in total. The molecule has 0 amide bonds. The highest BCUT2D eigenvalue weighted by atomic mass is 19.1. The summed E-state index contributed by atoms with van der Waals surface area (Å²) in [5, 5.41) is 12.2. The molecule has 0 saturated heterocycles. The van der Waals surface area contributed by atoms with Gasteiger partial charge in [-0.15, -0.1) is 0 Å². The number of aromatic nitrogens is 4. The van der Waals surface area contributed by atoms with Crippen molar-refractivity contribution in [3.8, 4) is 11.5 Å². The molecule has 1 aliphatic carbocycles. The number of nitrogens with zero attached hydrogens (tertiary/aromatic N) is 4. The summed E-state index contributed by atoms with van der Waals surface area (Å²) in [6.07, 6.45) is 3.51. The smallest absolute Gasteiger partial charge is 0.264 e. The monoisotopic (exact) mass is 501 g/mol. The Morgan fingerprint density at radius 3 is 2.84 bits per heavy atom. The van der Waals surface area contributed by atoms with Gasteiger partial charge in [0, 0.05) is 11.6 Å². The van der Waals surface area contributed by atoms with Gasteiger partial charge in [-0.3, -0.25) is 14.8 Å². The van der Waals surface area contributed by atoms with E-state index in [1.165, 1.54) is 12.4 Å². The molecule has 188 valence electrons. The van der Waals surface area contributed by atoms with E-state index >= 15 is 0 Å². The number of anilines is 2. The highest BCUT2D eigenvalue weighted by Crippen LogP contribution is 2.38. The Morgan fingerprint density at radius 1 is 1.24 bits per heavy atom. The molecule has 6 rings (SSSR count). The van der Waals surface area contributed by atoms with Crippen LogP contribution in [0, 0.1) is 11.2 Å². The Labute approximate surface area is 210 Å². The maximum absolute atomic E-state index is 14.6. The number of nitrogens with one attached hydrogen (secondary N) is 2. The second-order valence-corrected chi connectivity index (χ2v) is 9.04. The molecule has 1 unspecified atom stereocenters. The fraction of sp³-hybridized carbons (Fsp3) is 0.269. The standard InChI is InChI=1S/C26H24FN7O3/c1-2-16(25-33-17-5-3-4-15(27)20(17)26(35)34(25)14-7-8-14)32-24-21(23(29)30-11-31-24)22(28)13-6-9-18-19(10-13)37-12-36-18/h3-6,9-11,14,16,28H,2,7-8,12H2,1H3,(H3,29,30,31,32). The van der Waals surface area contributed by atoms with Crippen LogP contribution in [0.2, 0.25) is 0 Å². The Bertz CT molecular complexity index is 1620. The highest BCUT2D eigenvalue weighted by molar-refractivity contribution is 6.16. The van der Waals surface area contributed by atoms with E-state index in [9.17, 15) is 9.18 Å². The normalized spacial score (nSPS) is 15.1. The van der Waals surface area contributed by atoms with E-state index in [1.54, 1.807) is 34.9 Å². The summed E-state index contributed by atoms with van der Waals surface area (Å²) in [6.45, 7) is 2.07. The average Bonchev–Trinajstić information content (AvgIpc) is 3.61. The lowest BCUT2D eigenvalue weighted by Crippen LogP contribution is -2.29. The summed E-state index contributed by atoms with van der Waals surface area (Å²) in [5.41, 5.74) is 7.10. The summed E-state index contributed by atoms with van der Waals surface area (Å²) >= 11 is 0. The van der Waals surface area contributed by atoms with Crippen LogP contribution >= 0.6 is 0 Å². The Kier molecular flexibility index (Phi) is 5.47. The van der Waals surface area contributed by atoms with Gasteiger partial charge in [0.25, 0.3) is 5.56 Å². The molecular weight excluding hydrogens is 477 g/mol. The number of hydrogen-bond acceptors (Lipinski definition) is 9. The van der Waals surface area contributed by atoms with Crippen molar-refractivity contribution in [3.05, 3.63) is 75.8 Å². The van der Waals surface area contributed by atoms with E-state index in [0.29, 0.717) is 46.2 Å². The highest BCUT2D eigenvalue weighted by Gasteiger charge is 2.32. The molecule has 1 saturated carbocycles. The Balaban J connectivity index is 1.43. The van der Waals surface area contributed by atoms with Crippen molar-refractivity contribution in [2.75, 3.05) is 17.8 Å². The number of ether oxygens (including phenoxy) is 2. The second-order valence-electron chi connectivity index (χ2n) is 9.04. The summed E-state index contributed by atoms with van der Waals surface area (Å²) in [4.78, 5) is 26.6. The maximum atomic E-state index is 14.6.